The predicted molar refractivity (Wildman–Crippen MR) is 79.7 cm³/mol. The number of halogens is 1. The van der Waals surface area contributed by atoms with Crippen molar-refractivity contribution in [2.75, 3.05) is 16.8 Å². The molecular formula is C13H15ClN2O4S. The zero-order valence-electron chi connectivity index (χ0n) is 11.6. The number of hydrogen-bond acceptors (Lipinski definition) is 5. The van der Waals surface area contributed by atoms with Crippen molar-refractivity contribution >= 4 is 33.0 Å². The fourth-order valence-electron chi connectivity index (χ4n) is 1.55. The van der Waals surface area contributed by atoms with Gasteiger partial charge < -0.3 is 10.4 Å². The molecule has 2 N–H and O–H groups in total. The van der Waals surface area contributed by atoms with E-state index < -0.39 is 27.1 Å². The first-order valence-electron chi connectivity index (χ1n) is 6.05. The summed E-state index contributed by atoms with van der Waals surface area (Å²) >= 11 is 5.82. The summed E-state index contributed by atoms with van der Waals surface area (Å²) in [5, 5.41) is 21.3. The summed E-state index contributed by atoms with van der Waals surface area (Å²) in [7, 11) is -3.51. The summed E-state index contributed by atoms with van der Waals surface area (Å²) in [5.74, 6) is -1.70. The molecule has 0 spiro atoms. The standard InChI is InChI=1S/C13H15ClN2O4S/c1-3-21(19,20)8-13(2,18)12(17)16-10-5-4-9(7-15)11(14)6-10/h4-6,18H,3,8H2,1-2H3,(H,16,17). The van der Waals surface area contributed by atoms with Crippen molar-refractivity contribution in [3.63, 3.8) is 0 Å². The average Bonchev–Trinajstić information content (AvgIpc) is 2.37. The predicted octanol–water partition coefficient (Wildman–Crippen LogP) is 1.34. The molecule has 0 aliphatic heterocycles. The van der Waals surface area contributed by atoms with Crippen molar-refractivity contribution in [1.29, 1.82) is 5.26 Å². The van der Waals surface area contributed by atoms with Gasteiger partial charge in [0.2, 0.25) is 0 Å². The molecule has 1 aromatic rings. The number of nitrogens with zero attached hydrogens (tertiary/aromatic N) is 1. The third-order valence-electron chi connectivity index (χ3n) is 2.78. The minimum atomic E-state index is -3.51. The van der Waals surface area contributed by atoms with E-state index in [1.54, 1.807) is 0 Å². The number of anilines is 1. The minimum Gasteiger partial charge on any atom is -0.379 e. The third-order valence-corrected chi connectivity index (χ3v) is 4.97. The van der Waals surface area contributed by atoms with Crippen LogP contribution >= 0.6 is 11.6 Å². The summed E-state index contributed by atoms with van der Waals surface area (Å²) in [4.78, 5) is 12.0. The highest BCUT2D eigenvalue weighted by Crippen LogP contribution is 2.21. The fourth-order valence-corrected chi connectivity index (χ4v) is 2.96. The zero-order valence-corrected chi connectivity index (χ0v) is 13.1. The highest BCUT2D eigenvalue weighted by atomic mass is 35.5. The van der Waals surface area contributed by atoms with Crippen LogP contribution in [0.3, 0.4) is 0 Å². The lowest BCUT2D eigenvalue weighted by Crippen LogP contribution is -2.46. The second-order valence-corrected chi connectivity index (χ2v) is 7.47. The molecule has 0 saturated heterocycles. The maximum absolute atomic E-state index is 12.0. The number of sulfone groups is 1. The summed E-state index contributed by atoms with van der Waals surface area (Å²) in [6.07, 6.45) is 0. The Balaban J connectivity index is 2.90. The summed E-state index contributed by atoms with van der Waals surface area (Å²) in [6, 6.07) is 6.07. The van der Waals surface area contributed by atoms with Crippen molar-refractivity contribution in [2.24, 2.45) is 0 Å². The molecule has 1 rings (SSSR count). The molecule has 0 aromatic heterocycles. The molecule has 8 heteroatoms. The Morgan fingerprint density at radius 3 is 2.62 bits per heavy atom. The molecule has 0 bridgehead atoms. The van der Waals surface area contributed by atoms with E-state index in [1.165, 1.54) is 25.1 Å². The number of amides is 1. The van der Waals surface area contributed by atoms with Crippen molar-refractivity contribution in [1.82, 2.24) is 0 Å². The molecule has 0 radical (unpaired) electrons. The van der Waals surface area contributed by atoms with Gasteiger partial charge in [-0.3, -0.25) is 4.79 Å². The molecule has 114 valence electrons. The van der Waals surface area contributed by atoms with Gasteiger partial charge in [-0.15, -0.1) is 0 Å². The van der Waals surface area contributed by atoms with E-state index in [0.29, 0.717) is 0 Å². The van der Waals surface area contributed by atoms with Crippen molar-refractivity contribution in [3.05, 3.63) is 28.8 Å². The lowest BCUT2D eigenvalue weighted by atomic mass is 10.1. The van der Waals surface area contributed by atoms with E-state index in [0.717, 1.165) is 6.92 Å². The Kier molecular flexibility index (Phi) is 5.34. The number of rotatable bonds is 5. The first kappa shape index (κ1) is 17.4. The minimum absolute atomic E-state index is 0.149. The third kappa shape index (κ3) is 4.70. The van der Waals surface area contributed by atoms with Gasteiger partial charge in [0.15, 0.2) is 15.4 Å². The van der Waals surface area contributed by atoms with Crippen LogP contribution in [0.1, 0.15) is 19.4 Å². The lowest BCUT2D eigenvalue weighted by molar-refractivity contribution is -0.130. The van der Waals surface area contributed by atoms with E-state index in [4.69, 9.17) is 16.9 Å². The monoisotopic (exact) mass is 330 g/mol. The molecular weight excluding hydrogens is 316 g/mol. The molecule has 0 heterocycles. The molecule has 1 aromatic carbocycles. The summed E-state index contributed by atoms with van der Waals surface area (Å²) < 4.78 is 23.0. The van der Waals surface area contributed by atoms with Crippen LogP contribution in [0.15, 0.2) is 18.2 Å². The van der Waals surface area contributed by atoms with Gasteiger partial charge in [-0.05, 0) is 25.1 Å². The number of aliphatic hydroxyl groups is 1. The highest BCUT2D eigenvalue weighted by molar-refractivity contribution is 7.91. The maximum atomic E-state index is 12.0. The number of benzene rings is 1. The Morgan fingerprint density at radius 1 is 1.52 bits per heavy atom. The molecule has 0 saturated carbocycles. The van der Waals surface area contributed by atoms with Crippen LogP contribution in [0.25, 0.3) is 0 Å². The molecule has 6 nitrogen and oxygen atoms in total. The SMILES string of the molecule is CCS(=O)(=O)CC(C)(O)C(=O)Nc1ccc(C#N)c(Cl)c1. The van der Waals surface area contributed by atoms with Crippen molar-refractivity contribution in [2.45, 2.75) is 19.4 Å². The second kappa shape index (κ2) is 6.43. The molecule has 0 aliphatic rings. The van der Waals surface area contributed by atoms with Crippen LogP contribution in [0.4, 0.5) is 5.69 Å². The lowest BCUT2D eigenvalue weighted by Gasteiger charge is -2.22. The molecule has 1 atom stereocenters. The Labute approximate surface area is 128 Å². The van der Waals surface area contributed by atoms with Crippen molar-refractivity contribution < 1.29 is 18.3 Å². The zero-order chi connectivity index (χ0) is 16.3. The number of nitriles is 1. The van der Waals surface area contributed by atoms with Crippen LogP contribution in [0, 0.1) is 11.3 Å². The van der Waals surface area contributed by atoms with Gasteiger partial charge >= 0.3 is 0 Å². The normalized spacial score (nSPS) is 14.0. The molecule has 21 heavy (non-hydrogen) atoms. The van der Waals surface area contributed by atoms with Crippen LogP contribution < -0.4 is 5.32 Å². The van der Waals surface area contributed by atoms with Crippen LogP contribution in [-0.2, 0) is 14.6 Å². The van der Waals surface area contributed by atoms with Gasteiger partial charge in [-0.1, -0.05) is 18.5 Å². The number of hydrogen-bond donors (Lipinski definition) is 2. The summed E-state index contributed by atoms with van der Waals surface area (Å²) in [6.45, 7) is 2.56. The summed E-state index contributed by atoms with van der Waals surface area (Å²) in [5.41, 5.74) is -1.55. The van der Waals surface area contributed by atoms with Gasteiger partial charge in [0.05, 0.1) is 16.3 Å². The Bertz CT molecular complexity index is 693. The van der Waals surface area contributed by atoms with E-state index in [1.807, 2.05) is 6.07 Å². The Morgan fingerprint density at radius 2 is 2.14 bits per heavy atom. The Hall–Kier alpha value is -1.62. The molecule has 1 amide bonds. The van der Waals surface area contributed by atoms with E-state index >= 15 is 0 Å². The number of carbonyl (C=O) groups excluding carboxylic acids is 1. The maximum Gasteiger partial charge on any atom is 0.257 e. The first-order chi connectivity index (χ1) is 9.61. The average molecular weight is 331 g/mol. The first-order valence-corrected chi connectivity index (χ1v) is 8.25. The van der Waals surface area contributed by atoms with Gasteiger partial charge in [0.25, 0.3) is 5.91 Å². The van der Waals surface area contributed by atoms with Crippen LogP contribution in [-0.4, -0.2) is 36.5 Å². The number of carbonyl (C=O) groups is 1. The van der Waals surface area contributed by atoms with Gasteiger partial charge in [0.1, 0.15) is 6.07 Å². The second-order valence-electron chi connectivity index (χ2n) is 4.71. The largest absolute Gasteiger partial charge is 0.379 e. The van der Waals surface area contributed by atoms with E-state index in [9.17, 15) is 18.3 Å². The highest BCUT2D eigenvalue weighted by Gasteiger charge is 2.35. The van der Waals surface area contributed by atoms with E-state index in [-0.39, 0.29) is 22.0 Å². The molecule has 1 unspecified atom stereocenters. The van der Waals surface area contributed by atoms with Gasteiger partial charge in [0, 0.05) is 11.4 Å². The smallest absolute Gasteiger partial charge is 0.257 e. The van der Waals surface area contributed by atoms with Crippen molar-refractivity contribution in [3.8, 4) is 6.07 Å². The quantitative estimate of drug-likeness (QED) is 0.847. The van der Waals surface area contributed by atoms with Crippen LogP contribution in [0.5, 0.6) is 0 Å². The topological polar surface area (TPSA) is 107 Å². The van der Waals surface area contributed by atoms with E-state index in [2.05, 4.69) is 5.32 Å². The van der Waals surface area contributed by atoms with Crippen LogP contribution in [0.2, 0.25) is 5.02 Å². The molecule has 0 aliphatic carbocycles. The van der Waals surface area contributed by atoms with Gasteiger partial charge in [-0.2, -0.15) is 5.26 Å². The fraction of sp³-hybridized carbons (Fsp3) is 0.385. The molecule has 0 fully saturated rings. The number of nitrogens with one attached hydrogen (secondary N) is 1. The van der Waals surface area contributed by atoms with Gasteiger partial charge in [-0.25, -0.2) is 8.42 Å².